The highest BCUT2D eigenvalue weighted by atomic mass is 32.2. The van der Waals surface area contributed by atoms with E-state index < -0.39 is 0 Å². The summed E-state index contributed by atoms with van der Waals surface area (Å²) in [4.78, 5) is 0. The van der Waals surface area contributed by atoms with E-state index in [0.717, 1.165) is 11.7 Å². The predicted octanol–water partition coefficient (Wildman–Crippen LogP) is 2.68. The molecule has 1 nitrogen and oxygen atoms in total. The van der Waals surface area contributed by atoms with Crippen molar-refractivity contribution in [2.45, 2.75) is 38.5 Å². The smallest absolute Gasteiger partial charge is 0.0192 e. The first-order valence-electron chi connectivity index (χ1n) is 4.49. The van der Waals surface area contributed by atoms with E-state index in [1.165, 1.54) is 11.3 Å². The maximum Gasteiger partial charge on any atom is 0.0192 e. The highest BCUT2D eigenvalue weighted by molar-refractivity contribution is 7.99. The van der Waals surface area contributed by atoms with Crippen molar-refractivity contribution < 1.29 is 0 Å². The Balaban J connectivity index is 3.60. The van der Waals surface area contributed by atoms with Crippen molar-refractivity contribution in [2.24, 2.45) is 0 Å². The molecular formula is C10H21NS. The Hall–Kier alpha value is 0.0500. The molecule has 0 saturated carbocycles. The summed E-state index contributed by atoms with van der Waals surface area (Å²) >= 11 is 2.00. The summed E-state index contributed by atoms with van der Waals surface area (Å²) in [6, 6.07) is 0.592. The first-order chi connectivity index (χ1) is 5.56. The molecule has 0 aromatic heterocycles. The van der Waals surface area contributed by atoms with Crippen LogP contribution in [0.25, 0.3) is 0 Å². The van der Waals surface area contributed by atoms with Gasteiger partial charge in [0, 0.05) is 11.8 Å². The molecular weight excluding hydrogens is 166 g/mol. The molecule has 0 amide bonds. The van der Waals surface area contributed by atoms with Gasteiger partial charge in [-0.15, -0.1) is 6.58 Å². The zero-order valence-corrected chi connectivity index (χ0v) is 9.50. The molecule has 0 bridgehead atoms. The lowest BCUT2D eigenvalue weighted by Gasteiger charge is -2.16. The lowest BCUT2D eigenvalue weighted by molar-refractivity contribution is 0.614. The number of thioether (sulfide) groups is 1. The Kier molecular flexibility index (Phi) is 6.58. The molecule has 0 rings (SSSR count). The summed E-state index contributed by atoms with van der Waals surface area (Å²) in [6.45, 7) is 10.5. The molecule has 0 spiro atoms. The topological polar surface area (TPSA) is 12.0 Å². The lowest BCUT2D eigenvalue weighted by atomic mass is 10.1. The van der Waals surface area contributed by atoms with Crippen LogP contribution in [0.4, 0.5) is 0 Å². The van der Waals surface area contributed by atoms with Crippen molar-refractivity contribution >= 4 is 11.8 Å². The van der Waals surface area contributed by atoms with Crippen molar-refractivity contribution in [3.05, 3.63) is 12.2 Å². The molecule has 0 heterocycles. The first-order valence-corrected chi connectivity index (χ1v) is 5.54. The highest BCUT2D eigenvalue weighted by Gasteiger charge is 2.06. The fourth-order valence-corrected chi connectivity index (χ4v) is 1.88. The molecule has 0 aromatic rings. The Bertz CT molecular complexity index is 132. The second-order valence-corrected chi connectivity index (χ2v) is 5.14. The van der Waals surface area contributed by atoms with Crippen molar-refractivity contribution in [2.75, 3.05) is 12.8 Å². The van der Waals surface area contributed by atoms with Crippen LogP contribution in [0.3, 0.4) is 0 Å². The van der Waals surface area contributed by atoms with Crippen molar-refractivity contribution in [3.8, 4) is 0 Å². The number of hydrogen-bond acceptors (Lipinski definition) is 2. The Morgan fingerprint density at radius 2 is 2.08 bits per heavy atom. The lowest BCUT2D eigenvalue weighted by Crippen LogP contribution is -2.28. The molecule has 0 aromatic carbocycles. The molecule has 0 saturated heterocycles. The molecule has 72 valence electrons. The van der Waals surface area contributed by atoms with E-state index >= 15 is 0 Å². The molecule has 1 N–H and O–H groups in total. The molecule has 1 unspecified atom stereocenters. The van der Waals surface area contributed by atoms with E-state index in [-0.39, 0.29) is 0 Å². The number of rotatable bonds is 6. The van der Waals surface area contributed by atoms with Crippen LogP contribution >= 0.6 is 11.8 Å². The summed E-state index contributed by atoms with van der Waals surface area (Å²) in [5, 5.41) is 4.03. The minimum absolute atomic E-state index is 0.592. The molecule has 2 heteroatoms. The maximum atomic E-state index is 3.92. The summed E-state index contributed by atoms with van der Waals surface area (Å²) < 4.78 is 0. The fourth-order valence-electron chi connectivity index (χ4n) is 0.974. The van der Waals surface area contributed by atoms with Crippen LogP contribution in [0.1, 0.15) is 27.2 Å². The van der Waals surface area contributed by atoms with Crippen LogP contribution in [-0.4, -0.2) is 24.1 Å². The van der Waals surface area contributed by atoms with Gasteiger partial charge in [-0.05, 0) is 25.6 Å². The Morgan fingerprint density at radius 1 is 1.50 bits per heavy atom. The molecule has 0 aliphatic carbocycles. The Morgan fingerprint density at radius 3 is 2.42 bits per heavy atom. The van der Waals surface area contributed by atoms with E-state index in [9.17, 15) is 0 Å². The third kappa shape index (κ3) is 6.74. The van der Waals surface area contributed by atoms with Gasteiger partial charge in [0.1, 0.15) is 0 Å². The number of nitrogens with one attached hydrogen (secondary N) is 1. The molecule has 1 atom stereocenters. The van der Waals surface area contributed by atoms with Crippen LogP contribution in [0.15, 0.2) is 12.2 Å². The van der Waals surface area contributed by atoms with Gasteiger partial charge in [0.05, 0.1) is 0 Å². The zero-order valence-electron chi connectivity index (χ0n) is 8.68. The summed E-state index contributed by atoms with van der Waals surface area (Å²) in [6.07, 6.45) is 1.09. The van der Waals surface area contributed by atoms with Gasteiger partial charge in [-0.3, -0.25) is 0 Å². The zero-order chi connectivity index (χ0) is 9.56. The minimum Gasteiger partial charge on any atom is -0.316 e. The average Bonchev–Trinajstić information content (AvgIpc) is 1.97. The van der Waals surface area contributed by atoms with Crippen LogP contribution in [-0.2, 0) is 0 Å². The predicted molar refractivity (Wildman–Crippen MR) is 59.9 cm³/mol. The van der Waals surface area contributed by atoms with Crippen LogP contribution in [0.5, 0.6) is 0 Å². The summed E-state index contributed by atoms with van der Waals surface area (Å²) in [5.74, 6) is 1.18. The molecule has 0 aliphatic heterocycles. The van der Waals surface area contributed by atoms with Crippen LogP contribution in [0.2, 0.25) is 0 Å². The Labute approximate surface area is 81.0 Å². The van der Waals surface area contributed by atoms with Crippen molar-refractivity contribution in [1.82, 2.24) is 5.32 Å². The molecule has 12 heavy (non-hydrogen) atoms. The van der Waals surface area contributed by atoms with Gasteiger partial charge in [-0.2, -0.15) is 11.8 Å². The van der Waals surface area contributed by atoms with E-state index in [2.05, 4.69) is 32.7 Å². The second kappa shape index (κ2) is 6.55. The van der Waals surface area contributed by atoms with E-state index in [4.69, 9.17) is 0 Å². The minimum atomic E-state index is 0.592. The van der Waals surface area contributed by atoms with Crippen LogP contribution in [0, 0.1) is 0 Å². The fraction of sp³-hybridized carbons (Fsp3) is 0.800. The van der Waals surface area contributed by atoms with Gasteiger partial charge in [0.2, 0.25) is 0 Å². The quantitative estimate of drug-likeness (QED) is 0.642. The average molecular weight is 187 g/mol. The SMILES string of the molecule is C=C(C)CC(CSC(C)C)NC. The van der Waals surface area contributed by atoms with Gasteiger partial charge < -0.3 is 5.32 Å². The molecule has 0 radical (unpaired) electrons. The van der Waals surface area contributed by atoms with Gasteiger partial charge in [-0.25, -0.2) is 0 Å². The monoisotopic (exact) mass is 187 g/mol. The normalized spacial score (nSPS) is 13.4. The highest BCUT2D eigenvalue weighted by Crippen LogP contribution is 2.13. The summed E-state index contributed by atoms with van der Waals surface area (Å²) in [7, 11) is 2.02. The van der Waals surface area contributed by atoms with Crippen molar-refractivity contribution in [3.63, 3.8) is 0 Å². The second-order valence-electron chi connectivity index (χ2n) is 3.53. The number of hydrogen-bond donors (Lipinski definition) is 1. The first kappa shape index (κ1) is 12.0. The maximum absolute atomic E-state index is 3.92. The largest absolute Gasteiger partial charge is 0.316 e. The standard InChI is InChI=1S/C10H21NS/c1-8(2)6-10(11-5)7-12-9(3)4/h9-11H,1,6-7H2,2-5H3. The van der Waals surface area contributed by atoms with E-state index in [0.29, 0.717) is 6.04 Å². The van der Waals surface area contributed by atoms with Gasteiger partial charge in [-0.1, -0.05) is 19.4 Å². The van der Waals surface area contributed by atoms with Gasteiger partial charge >= 0.3 is 0 Å². The molecule has 0 aliphatic rings. The third-order valence-corrected chi connectivity index (χ3v) is 2.90. The van der Waals surface area contributed by atoms with Gasteiger partial charge in [0.25, 0.3) is 0 Å². The summed E-state index contributed by atoms with van der Waals surface area (Å²) in [5.41, 5.74) is 1.26. The van der Waals surface area contributed by atoms with Crippen molar-refractivity contribution in [1.29, 1.82) is 0 Å². The van der Waals surface area contributed by atoms with E-state index in [1.807, 2.05) is 18.8 Å². The molecule has 0 fully saturated rings. The van der Waals surface area contributed by atoms with Crippen LogP contribution < -0.4 is 5.32 Å². The van der Waals surface area contributed by atoms with E-state index in [1.54, 1.807) is 0 Å². The van der Waals surface area contributed by atoms with Gasteiger partial charge in [0.15, 0.2) is 0 Å². The third-order valence-electron chi connectivity index (χ3n) is 1.63.